The summed E-state index contributed by atoms with van der Waals surface area (Å²) in [7, 11) is 1.39. The maximum atomic E-state index is 12.4. The van der Waals surface area contributed by atoms with E-state index < -0.39 is 4.92 Å². The lowest BCUT2D eigenvalue weighted by Crippen LogP contribution is -2.15. The Labute approximate surface area is 183 Å². The van der Waals surface area contributed by atoms with Crippen LogP contribution in [0.25, 0.3) is 0 Å². The quantitative estimate of drug-likeness (QED) is 0.356. The molecule has 0 bridgehead atoms. The molecule has 1 heterocycles. The second-order valence-electron chi connectivity index (χ2n) is 6.45. The highest BCUT2D eigenvalue weighted by atomic mass is 32.2. The molecule has 0 unspecified atom stereocenters. The van der Waals surface area contributed by atoms with Crippen LogP contribution in [0.3, 0.4) is 0 Å². The smallest absolute Gasteiger partial charge is 0.311 e. The van der Waals surface area contributed by atoms with E-state index in [9.17, 15) is 14.9 Å². The van der Waals surface area contributed by atoms with Crippen molar-refractivity contribution in [1.82, 2.24) is 9.55 Å². The maximum absolute atomic E-state index is 12.4. The van der Waals surface area contributed by atoms with Crippen molar-refractivity contribution in [3.05, 3.63) is 76.9 Å². The molecule has 3 aromatic rings. The average Bonchev–Trinajstić information content (AvgIpc) is 3.28. The number of carbonyl (C=O) groups is 1. The molecule has 3 rings (SSSR count). The summed E-state index contributed by atoms with van der Waals surface area (Å²) in [4.78, 5) is 27.0. The molecule has 0 aliphatic heterocycles. The lowest BCUT2D eigenvalue weighted by Gasteiger charge is -2.12. The van der Waals surface area contributed by atoms with E-state index in [2.05, 4.69) is 10.3 Å². The van der Waals surface area contributed by atoms with Gasteiger partial charge < -0.3 is 19.4 Å². The maximum Gasteiger partial charge on any atom is 0.311 e. The van der Waals surface area contributed by atoms with Gasteiger partial charge in [0.15, 0.2) is 5.75 Å². The summed E-state index contributed by atoms with van der Waals surface area (Å²) in [6, 6.07) is 12.0. The summed E-state index contributed by atoms with van der Waals surface area (Å²) in [6.45, 7) is 1.08. The van der Waals surface area contributed by atoms with Crippen molar-refractivity contribution in [2.24, 2.45) is 0 Å². The van der Waals surface area contributed by atoms with Crippen molar-refractivity contribution in [2.75, 3.05) is 24.8 Å². The first-order valence-electron chi connectivity index (χ1n) is 9.43. The Morgan fingerprint density at radius 1 is 1.26 bits per heavy atom. The Bertz CT molecular complexity index is 1030. The predicted molar refractivity (Wildman–Crippen MR) is 119 cm³/mol. The lowest BCUT2D eigenvalue weighted by molar-refractivity contribution is -0.385. The largest absolute Gasteiger partial charge is 0.490 e. The third-order valence-electron chi connectivity index (χ3n) is 4.27. The van der Waals surface area contributed by atoms with Crippen LogP contribution in [0, 0.1) is 10.1 Å². The number of aromatic nitrogens is 2. The predicted octanol–water partition coefficient (Wildman–Crippen LogP) is 3.75. The second-order valence-corrected chi connectivity index (χ2v) is 7.44. The summed E-state index contributed by atoms with van der Waals surface area (Å²) in [5.74, 6) is 1.27. The third kappa shape index (κ3) is 6.48. The summed E-state index contributed by atoms with van der Waals surface area (Å²) in [5, 5.41) is 14.0. The number of nitro groups is 1. The number of ether oxygens (including phenoxy) is 2. The van der Waals surface area contributed by atoms with Crippen molar-refractivity contribution < 1.29 is 19.2 Å². The molecule has 1 aromatic heterocycles. The first-order valence-corrected chi connectivity index (χ1v) is 10.6. The van der Waals surface area contributed by atoms with E-state index in [-0.39, 0.29) is 23.1 Å². The highest BCUT2D eigenvalue weighted by Gasteiger charge is 2.15. The molecule has 0 aliphatic carbocycles. The van der Waals surface area contributed by atoms with Crippen LogP contribution in [0.15, 0.2) is 61.2 Å². The van der Waals surface area contributed by atoms with Gasteiger partial charge in [0.1, 0.15) is 12.4 Å². The molecule has 2 aromatic carbocycles. The zero-order valence-corrected chi connectivity index (χ0v) is 17.7. The summed E-state index contributed by atoms with van der Waals surface area (Å²) < 4.78 is 12.7. The Balaban J connectivity index is 1.50. The number of amides is 1. The van der Waals surface area contributed by atoms with Crippen LogP contribution < -0.4 is 14.8 Å². The number of nitrogens with zero attached hydrogens (tertiary/aromatic N) is 3. The van der Waals surface area contributed by atoms with Crippen molar-refractivity contribution in [1.29, 1.82) is 0 Å². The summed E-state index contributed by atoms with van der Waals surface area (Å²) in [6.07, 6.45) is 5.27. The Hall–Kier alpha value is -3.53. The molecular weight excluding hydrogens is 420 g/mol. The van der Waals surface area contributed by atoms with Gasteiger partial charge in [-0.25, -0.2) is 4.98 Å². The van der Waals surface area contributed by atoms with E-state index in [1.165, 1.54) is 24.9 Å². The molecule has 0 fully saturated rings. The van der Waals surface area contributed by atoms with Gasteiger partial charge in [0.2, 0.25) is 5.91 Å². The Kier molecular flexibility index (Phi) is 7.88. The molecule has 0 atom stereocenters. The molecule has 0 saturated heterocycles. The van der Waals surface area contributed by atoms with Gasteiger partial charge >= 0.3 is 5.69 Å². The first-order chi connectivity index (χ1) is 15.1. The molecule has 0 radical (unpaired) electrons. The van der Waals surface area contributed by atoms with Gasteiger partial charge in [0.25, 0.3) is 0 Å². The number of methoxy groups -OCH3 is 1. The van der Waals surface area contributed by atoms with Crippen molar-refractivity contribution in [3.8, 4) is 11.5 Å². The van der Waals surface area contributed by atoms with Crippen molar-refractivity contribution >= 4 is 29.0 Å². The fraction of sp³-hybridized carbons (Fsp3) is 0.238. The molecule has 1 amide bonds. The van der Waals surface area contributed by atoms with Crippen molar-refractivity contribution in [2.45, 2.75) is 12.3 Å². The van der Waals surface area contributed by atoms with Crippen LogP contribution in [0.1, 0.15) is 5.56 Å². The van der Waals surface area contributed by atoms with Crippen LogP contribution in [-0.2, 0) is 17.1 Å². The van der Waals surface area contributed by atoms with Gasteiger partial charge in [-0.3, -0.25) is 14.9 Å². The standard InChI is InChI=1S/C21H22N4O5S/c1-29-20-7-6-16(12-18(20)25(27)28)13-31-14-21(26)23-17-4-2-3-5-19(17)30-11-10-24-9-8-22-15-24/h2-9,12,15H,10-11,13-14H2,1H3,(H,23,26). The normalized spacial score (nSPS) is 10.5. The average molecular weight is 442 g/mol. The number of carbonyl (C=O) groups excluding carboxylic acids is 1. The molecule has 0 spiro atoms. The number of hydrogen-bond acceptors (Lipinski definition) is 7. The minimum absolute atomic E-state index is 0.0909. The van der Waals surface area contributed by atoms with E-state index in [0.717, 1.165) is 5.56 Å². The van der Waals surface area contributed by atoms with E-state index in [0.29, 0.717) is 30.3 Å². The van der Waals surface area contributed by atoms with Gasteiger partial charge in [0.05, 0.1) is 36.3 Å². The van der Waals surface area contributed by atoms with Gasteiger partial charge in [-0.15, -0.1) is 11.8 Å². The number of rotatable bonds is 11. The lowest BCUT2D eigenvalue weighted by atomic mass is 10.2. The second kappa shape index (κ2) is 11.0. The third-order valence-corrected chi connectivity index (χ3v) is 5.27. The SMILES string of the molecule is COc1ccc(CSCC(=O)Nc2ccccc2OCCn2ccnc2)cc1[N+](=O)[O-]. The monoisotopic (exact) mass is 442 g/mol. The zero-order valence-electron chi connectivity index (χ0n) is 16.9. The molecule has 162 valence electrons. The molecule has 10 heteroatoms. The van der Waals surface area contributed by atoms with Crippen LogP contribution in [0.5, 0.6) is 11.5 Å². The fourth-order valence-electron chi connectivity index (χ4n) is 2.79. The number of para-hydroxylation sites is 2. The number of nitrogens with one attached hydrogen (secondary N) is 1. The molecular formula is C21H22N4O5S. The van der Waals surface area contributed by atoms with Gasteiger partial charge in [-0.05, 0) is 23.8 Å². The van der Waals surface area contributed by atoms with Crippen molar-refractivity contribution in [3.63, 3.8) is 0 Å². The number of benzene rings is 2. The van der Waals surface area contributed by atoms with E-state index in [1.807, 2.05) is 22.9 Å². The molecule has 9 nitrogen and oxygen atoms in total. The van der Waals surface area contributed by atoms with Crippen LogP contribution in [-0.4, -0.2) is 39.9 Å². The van der Waals surface area contributed by atoms with E-state index >= 15 is 0 Å². The van der Waals surface area contributed by atoms with E-state index in [4.69, 9.17) is 9.47 Å². The number of imidazole rings is 1. The molecule has 1 N–H and O–H groups in total. The van der Waals surface area contributed by atoms with Gasteiger partial charge in [-0.2, -0.15) is 0 Å². The number of thioether (sulfide) groups is 1. The van der Waals surface area contributed by atoms with Crippen LogP contribution in [0.4, 0.5) is 11.4 Å². The van der Waals surface area contributed by atoms with Gasteiger partial charge in [-0.1, -0.05) is 18.2 Å². The molecule has 0 aliphatic rings. The summed E-state index contributed by atoms with van der Waals surface area (Å²) in [5.41, 5.74) is 1.25. The zero-order chi connectivity index (χ0) is 22.1. The highest BCUT2D eigenvalue weighted by molar-refractivity contribution is 7.99. The molecule has 0 saturated carbocycles. The summed E-state index contributed by atoms with van der Waals surface area (Å²) >= 11 is 1.36. The Morgan fingerprint density at radius 2 is 2.10 bits per heavy atom. The van der Waals surface area contributed by atoms with Crippen LogP contribution in [0.2, 0.25) is 0 Å². The van der Waals surface area contributed by atoms with Crippen LogP contribution >= 0.6 is 11.8 Å². The fourth-order valence-corrected chi connectivity index (χ4v) is 3.57. The minimum Gasteiger partial charge on any atom is -0.490 e. The van der Waals surface area contributed by atoms with E-state index in [1.54, 1.807) is 36.8 Å². The first kappa shape index (κ1) is 22.2. The number of hydrogen-bond donors (Lipinski definition) is 1. The highest BCUT2D eigenvalue weighted by Crippen LogP contribution is 2.29. The molecule has 31 heavy (non-hydrogen) atoms. The number of anilines is 1. The number of nitro benzene ring substituents is 1. The Morgan fingerprint density at radius 3 is 2.84 bits per heavy atom. The van der Waals surface area contributed by atoms with Gasteiger partial charge in [0, 0.05) is 24.2 Å². The topological polar surface area (TPSA) is 109 Å². The minimum atomic E-state index is -0.483.